The lowest BCUT2D eigenvalue weighted by Crippen LogP contribution is -2.73. The van der Waals surface area contributed by atoms with Gasteiger partial charge in [0.15, 0.2) is 12.1 Å². The first-order valence-electron chi connectivity index (χ1n) is 14.3. The molecule has 0 aromatic heterocycles. The SMILES string of the molecule is C=C(C)C(C(=O)OC(c1ccccc1)c1ccccc1)N1C(=O)C(NC(=O)Cc2ccccc2)C1SS(=O)(=O)c1ccccc1. The first kappa shape index (κ1) is 31.7. The molecule has 0 spiro atoms. The smallest absolute Gasteiger partial charge is 0.334 e. The second kappa shape index (κ2) is 14.0. The topological polar surface area (TPSA) is 110 Å². The largest absolute Gasteiger partial charge is 0.451 e. The van der Waals surface area contributed by atoms with Crippen molar-refractivity contribution >= 4 is 37.4 Å². The summed E-state index contributed by atoms with van der Waals surface area (Å²) in [5.74, 6) is -1.84. The zero-order chi connectivity index (χ0) is 32.0. The van der Waals surface area contributed by atoms with Gasteiger partial charge in [-0.05, 0) is 41.3 Å². The van der Waals surface area contributed by atoms with Gasteiger partial charge in [0.2, 0.25) is 20.7 Å². The Hall–Kier alpha value is -4.67. The van der Waals surface area contributed by atoms with Gasteiger partial charge >= 0.3 is 5.97 Å². The summed E-state index contributed by atoms with van der Waals surface area (Å²) in [5, 5.41) is 1.56. The molecule has 3 unspecified atom stereocenters. The maximum atomic E-state index is 13.9. The molecule has 1 aliphatic rings. The maximum Gasteiger partial charge on any atom is 0.334 e. The molecule has 4 aromatic rings. The zero-order valence-electron chi connectivity index (χ0n) is 24.5. The number of amides is 2. The quantitative estimate of drug-likeness (QED) is 0.0971. The Bertz CT molecular complexity index is 1730. The summed E-state index contributed by atoms with van der Waals surface area (Å²) in [6.07, 6.45) is -0.798. The van der Waals surface area contributed by atoms with Crippen molar-refractivity contribution in [1.29, 1.82) is 0 Å². The lowest BCUT2D eigenvalue weighted by atomic mass is 9.98. The first-order chi connectivity index (χ1) is 21.7. The van der Waals surface area contributed by atoms with Crippen LogP contribution in [0.4, 0.5) is 0 Å². The summed E-state index contributed by atoms with van der Waals surface area (Å²) >= 11 is 0. The molecule has 1 aliphatic heterocycles. The minimum Gasteiger partial charge on any atom is -0.451 e. The second-order valence-electron chi connectivity index (χ2n) is 10.6. The third-order valence-electron chi connectivity index (χ3n) is 7.27. The normalized spacial score (nSPS) is 16.8. The van der Waals surface area contributed by atoms with Gasteiger partial charge in [-0.25, -0.2) is 13.2 Å². The van der Waals surface area contributed by atoms with E-state index in [0.29, 0.717) is 10.8 Å². The van der Waals surface area contributed by atoms with Crippen LogP contribution in [0.25, 0.3) is 0 Å². The van der Waals surface area contributed by atoms with Gasteiger partial charge in [-0.3, -0.25) is 9.59 Å². The van der Waals surface area contributed by atoms with Gasteiger partial charge in [0.25, 0.3) is 0 Å². The van der Waals surface area contributed by atoms with Gasteiger partial charge in [0, 0.05) is 10.8 Å². The lowest BCUT2D eigenvalue weighted by molar-refractivity contribution is -0.165. The first-order valence-corrected chi connectivity index (χ1v) is 17.1. The van der Waals surface area contributed by atoms with E-state index in [1.165, 1.54) is 12.1 Å². The van der Waals surface area contributed by atoms with Crippen molar-refractivity contribution in [2.45, 2.75) is 41.8 Å². The molecule has 1 heterocycles. The molecule has 0 bridgehead atoms. The van der Waals surface area contributed by atoms with Crippen molar-refractivity contribution < 1.29 is 27.5 Å². The molecule has 2 amide bonds. The van der Waals surface area contributed by atoms with Crippen LogP contribution >= 0.6 is 10.8 Å². The standard InChI is InChI=1S/C35H32N2O6S2/c1-24(2)31(35(40)43-32(26-17-9-4-10-18-26)27-19-11-5-12-20-27)37-33(39)30(36-29(38)23-25-15-7-3-8-16-25)34(37)44-45(41,42)28-21-13-6-14-22-28/h3-22,30-32,34H,1,23H2,2H3,(H,36,38). The van der Waals surface area contributed by atoms with E-state index in [9.17, 15) is 22.8 Å². The second-order valence-corrected chi connectivity index (χ2v) is 14.5. The Morgan fingerprint density at radius 3 is 1.84 bits per heavy atom. The van der Waals surface area contributed by atoms with E-state index in [0.717, 1.165) is 21.6 Å². The van der Waals surface area contributed by atoms with Crippen LogP contribution in [0.5, 0.6) is 0 Å². The lowest BCUT2D eigenvalue weighted by Gasteiger charge is -2.49. The van der Waals surface area contributed by atoms with E-state index in [1.54, 1.807) is 49.4 Å². The number of esters is 1. The minimum atomic E-state index is -4.01. The number of rotatable bonds is 12. The Balaban J connectivity index is 1.45. The molecule has 10 heteroatoms. The zero-order valence-corrected chi connectivity index (χ0v) is 26.1. The van der Waals surface area contributed by atoms with Crippen molar-refractivity contribution in [1.82, 2.24) is 10.2 Å². The summed E-state index contributed by atoms with van der Waals surface area (Å²) in [4.78, 5) is 41.8. The number of β-lactam (4-membered cyclic amide) rings is 1. The molecule has 4 aromatic carbocycles. The molecular formula is C35H32N2O6S2. The van der Waals surface area contributed by atoms with Gasteiger partial charge in [-0.1, -0.05) is 116 Å². The average molecular weight is 641 g/mol. The highest BCUT2D eigenvalue weighted by Gasteiger charge is 2.56. The number of hydrogen-bond donors (Lipinski definition) is 1. The van der Waals surface area contributed by atoms with Crippen LogP contribution in [0.3, 0.4) is 0 Å². The highest BCUT2D eigenvalue weighted by Crippen LogP contribution is 2.40. The van der Waals surface area contributed by atoms with Crippen LogP contribution in [0, 0.1) is 0 Å². The van der Waals surface area contributed by atoms with Crippen LogP contribution in [-0.2, 0) is 34.4 Å². The Kier molecular flexibility index (Phi) is 9.85. The Labute approximate surface area is 266 Å². The van der Waals surface area contributed by atoms with Crippen molar-refractivity contribution in [3.63, 3.8) is 0 Å². The fourth-order valence-corrected chi connectivity index (χ4v) is 8.62. The summed E-state index contributed by atoms with van der Waals surface area (Å²) in [6.45, 7) is 5.53. The molecule has 0 saturated carbocycles. The molecule has 1 N–H and O–H groups in total. The summed E-state index contributed by atoms with van der Waals surface area (Å²) in [6, 6.07) is 32.6. The molecule has 45 heavy (non-hydrogen) atoms. The molecular weight excluding hydrogens is 609 g/mol. The molecule has 1 fully saturated rings. The fourth-order valence-electron chi connectivity index (χ4n) is 5.09. The van der Waals surface area contributed by atoms with E-state index >= 15 is 0 Å². The van der Waals surface area contributed by atoms with Crippen LogP contribution in [-0.4, -0.2) is 48.6 Å². The van der Waals surface area contributed by atoms with Crippen LogP contribution in [0.1, 0.15) is 29.7 Å². The number of ether oxygens (including phenoxy) is 1. The number of nitrogens with zero attached hydrogens (tertiary/aromatic N) is 1. The molecule has 230 valence electrons. The van der Waals surface area contributed by atoms with Gasteiger partial charge in [-0.15, -0.1) is 0 Å². The maximum absolute atomic E-state index is 13.9. The van der Waals surface area contributed by atoms with E-state index in [4.69, 9.17) is 4.74 Å². The number of carbonyl (C=O) groups excluding carboxylic acids is 3. The molecule has 0 radical (unpaired) electrons. The number of nitrogens with one attached hydrogen (secondary N) is 1. The molecule has 8 nitrogen and oxygen atoms in total. The number of benzene rings is 4. The Morgan fingerprint density at radius 1 is 0.844 bits per heavy atom. The van der Waals surface area contributed by atoms with E-state index < -0.39 is 50.2 Å². The van der Waals surface area contributed by atoms with Crippen molar-refractivity contribution in [2.24, 2.45) is 0 Å². The van der Waals surface area contributed by atoms with Gasteiger partial charge in [0.1, 0.15) is 11.4 Å². The van der Waals surface area contributed by atoms with Crippen LogP contribution in [0.15, 0.2) is 138 Å². The summed E-state index contributed by atoms with van der Waals surface area (Å²) in [7, 11) is -3.51. The third-order valence-corrected chi connectivity index (χ3v) is 11.0. The van der Waals surface area contributed by atoms with E-state index in [2.05, 4.69) is 11.9 Å². The van der Waals surface area contributed by atoms with Gasteiger partial charge in [0.05, 0.1) is 11.3 Å². The van der Waals surface area contributed by atoms with Crippen molar-refractivity contribution in [3.8, 4) is 0 Å². The van der Waals surface area contributed by atoms with Gasteiger partial charge in [-0.2, -0.15) is 0 Å². The van der Waals surface area contributed by atoms with Crippen molar-refractivity contribution in [2.75, 3.05) is 0 Å². The highest BCUT2D eigenvalue weighted by molar-refractivity contribution is 8.72. The molecule has 5 rings (SSSR count). The van der Waals surface area contributed by atoms with Crippen LogP contribution < -0.4 is 5.32 Å². The highest BCUT2D eigenvalue weighted by atomic mass is 33.1. The van der Waals surface area contributed by atoms with E-state index in [-0.39, 0.29) is 16.9 Å². The van der Waals surface area contributed by atoms with E-state index in [1.807, 2.05) is 66.7 Å². The number of likely N-dealkylation sites (tertiary alicyclic amines) is 1. The monoisotopic (exact) mass is 640 g/mol. The average Bonchev–Trinajstić information content (AvgIpc) is 3.05. The van der Waals surface area contributed by atoms with Crippen molar-refractivity contribution in [3.05, 3.63) is 150 Å². The van der Waals surface area contributed by atoms with Gasteiger partial charge < -0.3 is 15.0 Å². The number of hydrogen-bond acceptors (Lipinski definition) is 7. The minimum absolute atomic E-state index is 0.00473. The summed E-state index contributed by atoms with van der Waals surface area (Å²) in [5.41, 5.74) is 2.45. The number of carbonyl (C=O) groups is 3. The molecule has 0 aliphatic carbocycles. The molecule has 3 atom stereocenters. The Morgan fingerprint density at radius 2 is 1.33 bits per heavy atom. The predicted molar refractivity (Wildman–Crippen MR) is 173 cm³/mol. The molecule has 1 saturated heterocycles. The predicted octanol–water partition coefficient (Wildman–Crippen LogP) is 5.28. The summed E-state index contributed by atoms with van der Waals surface area (Å²) < 4.78 is 33.1. The third kappa shape index (κ3) is 7.35. The van der Waals surface area contributed by atoms with Crippen LogP contribution in [0.2, 0.25) is 0 Å². The fraction of sp³-hybridized carbons (Fsp3) is 0.171.